The summed E-state index contributed by atoms with van der Waals surface area (Å²) in [7, 11) is 0. The number of benzene rings is 2. The van der Waals surface area contributed by atoms with Crippen molar-refractivity contribution in [2.75, 3.05) is 6.54 Å². The number of amides is 2. The maximum absolute atomic E-state index is 12.3. The minimum atomic E-state index is -0.550. The maximum atomic E-state index is 12.3. The van der Waals surface area contributed by atoms with Gasteiger partial charge in [0.05, 0.1) is 12.3 Å². The van der Waals surface area contributed by atoms with Crippen LogP contribution in [-0.2, 0) is 4.79 Å². The molecule has 0 aliphatic rings. The first kappa shape index (κ1) is 19.8. The summed E-state index contributed by atoms with van der Waals surface area (Å²) in [6.07, 6.45) is 0. The van der Waals surface area contributed by atoms with Crippen molar-refractivity contribution in [1.29, 1.82) is 0 Å². The SMILES string of the molecule is CC(C)(C)C(=O)N/N=C(/CNC(=O)c1ccc(Br)cc1)c1ccccc1. The lowest BCUT2D eigenvalue weighted by Crippen LogP contribution is -2.35. The molecule has 2 aromatic carbocycles. The average Bonchev–Trinajstić information content (AvgIpc) is 2.61. The molecule has 0 bridgehead atoms. The van der Waals surface area contributed by atoms with Crippen LogP contribution in [0.4, 0.5) is 0 Å². The van der Waals surface area contributed by atoms with E-state index in [1.807, 2.05) is 63.2 Å². The zero-order valence-corrected chi connectivity index (χ0v) is 16.6. The second-order valence-electron chi connectivity index (χ2n) is 6.81. The Morgan fingerprint density at radius 1 is 0.962 bits per heavy atom. The van der Waals surface area contributed by atoms with Gasteiger partial charge in [0.2, 0.25) is 5.91 Å². The van der Waals surface area contributed by atoms with Gasteiger partial charge in [-0.25, -0.2) is 5.43 Å². The smallest absolute Gasteiger partial charge is 0.251 e. The average molecular weight is 416 g/mol. The molecule has 5 nitrogen and oxygen atoms in total. The molecule has 0 unspecified atom stereocenters. The Labute approximate surface area is 162 Å². The van der Waals surface area contributed by atoms with E-state index in [1.54, 1.807) is 12.1 Å². The molecule has 0 radical (unpaired) electrons. The molecule has 0 atom stereocenters. The number of halogens is 1. The number of carbonyl (C=O) groups excluding carboxylic acids is 2. The standard InChI is InChI=1S/C20H22BrN3O2/c1-20(2,3)19(26)24-23-17(14-7-5-4-6-8-14)13-22-18(25)15-9-11-16(21)12-10-15/h4-12H,13H2,1-3H3,(H,22,25)(H,24,26)/b23-17-. The summed E-state index contributed by atoms with van der Waals surface area (Å²) in [5, 5.41) is 7.08. The van der Waals surface area contributed by atoms with Gasteiger partial charge in [-0.1, -0.05) is 67.0 Å². The van der Waals surface area contributed by atoms with Crippen LogP contribution in [0, 0.1) is 5.41 Å². The predicted octanol–water partition coefficient (Wildman–Crippen LogP) is 3.75. The van der Waals surface area contributed by atoms with Crippen LogP contribution in [0.3, 0.4) is 0 Å². The fraction of sp³-hybridized carbons (Fsp3) is 0.250. The summed E-state index contributed by atoms with van der Waals surface area (Å²) < 4.78 is 0.908. The summed E-state index contributed by atoms with van der Waals surface area (Å²) >= 11 is 3.35. The predicted molar refractivity (Wildman–Crippen MR) is 107 cm³/mol. The number of carbonyl (C=O) groups is 2. The van der Waals surface area contributed by atoms with Gasteiger partial charge in [-0.15, -0.1) is 0 Å². The van der Waals surface area contributed by atoms with Crippen LogP contribution in [-0.4, -0.2) is 24.1 Å². The number of hydrogen-bond donors (Lipinski definition) is 2. The van der Waals surface area contributed by atoms with Crippen molar-refractivity contribution in [2.45, 2.75) is 20.8 Å². The van der Waals surface area contributed by atoms with Crippen LogP contribution in [0.15, 0.2) is 64.2 Å². The monoisotopic (exact) mass is 415 g/mol. The number of nitrogens with zero attached hydrogens (tertiary/aromatic N) is 1. The highest BCUT2D eigenvalue weighted by molar-refractivity contribution is 9.10. The summed E-state index contributed by atoms with van der Waals surface area (Å²) in [5.74, 6) is -0.395. The Kier molecular flexibility index (Phi) is 6.69. The highest BCUT2D eigenvalue weighted by Gasteiger charge is 2.21. The first-order chi connectivity index (χ1) is 12.3. The maximum Gasteiger partial charge on any atom is 0.251 e. The fourth-order valence-electron chi connectivity index (χ4n) is 1.99. The largest absolute Gasteiger partial charge is 0.346 e. The molecule has 0 spiro atoms. The Bertz CT molecular complexity index is 794. The van der Waals surface area contributed by atoms with Gasteiger partial charge < -0.3 is 5.32 Å². The Morgan fingerprint density at radius 2 is 1.58 bits per heavy atom. The van der Waals surface area contributed by atoms with Crippen LogP contribution in [0.1, 0.15) is 36.7 Å². The van der Waals surface area contributed by atoms with Crippen LogP contribution in [0.2, 0.25) is 0 Å². The van der Waals surface area contributed by atoms with E-state index in [4.69, 9.17) is 0 Å². The van der Waals surface area contributed by atoms with Crippen LogP contribution in [0.25, 0.3) is 0 Å². The van der Waals surface area contributed by atoms with E-state index >= 15 is 0 Å². The van der Waals surface area contributed by atoms with Crippen molar-refractivity contribution in [1.82, 2.24) is 10.7 Å². The second kappa shape index (κ2) is 8.76. The van der Waals surface area contributed by atoms with Gasteiger partial charge in [0.1, 0.15) is 0 Å². The van der Waals surface area contributed by atoms with E-state index in [9.17, 15) is 9.59 Å². The number of hydrazone groups is 1. The third-order valence-electron chi connectivity index (χ3n) is 3.60. The number of rotatable bonds is 5. The Morgan fingerprint density at radius 3 is 2.15 bits per heavy atom. The molecular weight excluding hydrogens is 394 g/mol. The summed E-state index contributed by atoms with van der Waals surface area (Å²) in [6.45, 7) is 5.64. The van der Waals surface area contributed by atoms with Crippen LogP contribution < -0.4 is 10.7 Å². The van der Waals surface area contributed by atoms with Gasteiger partial charge in [-0.2, -0.15) is 5.10 Å². The van der Waals surface area contributed by atoms with E-state index in [1.165, 1.54) is 0 Å². The van der Waals surface area contributed by atoms with Crippen LogP contribution >= 0.6 is 15.9 Å². The van der Waals surface area contributed by atoms with E-state index in [0.717, 1.165) is 10.0 Å². The quantitative estimate of drug-likeness (QED) is 0.576. The van der Waals surface area contributed by atoms with Crippen LogP contribution in [0.5, 0.6) is 0 Å². The van der Waals surface area contributed by atoms with E-state index in [2.05, 4.69) is 31.8 Å². The molecule has 0 fully saturated rings. The molecule has 0 saturated heterocycles. The normalized spacial score (nSPS) is 11.8. The first-order valence-electron chi connectivity index (χ1n) is 8.23. The van der Waals surface area contributed by atoms with Crippen molar-refractivity contribution in [3.63, 3.8) is 0 Å². The van der Waals surface area contributed by atoms with Gasteiger partial charge in [0.25, 0.3) is 5.91 Å². The van der Waals surface area contributed by atoms with Crippen molar-refractivity contribution in [2.24, 2.45) is 10.5 Å². The van der Waals surface area contributed by atoms with Gasteiger partial charge in [0.15, 0.2) is 0 Å². The van der Waals surface area contributed by atoms with Gasteiger partial charge in [-0.05, 0) is 29.8 Å². The highest BCUT2D eigenvalue weighted by atomic mass is 79.9. The summed E-state index contributed by atoms with van der Waals surface area (Å²) in [6, 6.07) is 16.5. The van der Waals surface area contributed by atoms with E-state index < -0.39 is 5.41 Å². The molecule has 2 amide bonds. The highest BCUT2D eigenvalue weighted by Crippen LogP contribution is 2.13. The molecule has 2 N–H and O–H groups in total. The third-order valence-corrected chi connectivity index (χ3v) is 4.13. The number of nitrogens with one attached hydrogen (secondary N) is 2. The van der Waals surface area contributed by atoms with E-state index in [0.29, 0.717) is 11.3 Å². The molecule has 136 valence electrons. The van der Waals surface area contributed by atoms with Gasteiger partial charge in [-0.3, -0.25) is 9.59 Å². The van der Waals surface area contributed by atoms with Crippen molar-refractivity contribution in [3.05, 3.63) is 70.2 Å². The minimum absolute atomic E-state index is 0.190. The second-order valence-corrected chi connectivity index (χ2v) is 7.72. The minimum Gasteiger partial charge on any atom is -0.346 e. The third kappa shape index (κ3) is 5.81. The van der Waals surface area contributed by atoms with Crippen molar-refractivity contribution < 1.29 is 9.59 Å². The molecule has 6 heteroatoms. The van der Waals surface area contributed by atoms with E-state index in [-0.39, 0.29) is 18.4 Å². The van der Waals surface area contributed by atoms with Gasteiger partial charge in [0, 0.05) is 15.5 Å². The summed E-state index contributed by atoms with van der Waals surface area (Å²) in [4.78, 5) is 24.4. The molecule has 0 aliphatic carbocycles. The molecular formula is C20H22BrN3O2. The lowest BCUT2D eigenvalue weighted by molar-refractivity contribution is -0.128. The molecule has 0 heterocycles. The molecule has 0 aliphatic heterocycles. The topological polar surface area (TPSA) is 70.6 Å². The van der Waals surface area contributed by atoms with Crippen molar-refractivity contribution in [3.8, 4) is 0 Å². The zero-order chi connectivity index (χ0) is 19.2. The molecule has 26 heavy (non-hydrogen) atoms. The first-order valence-corrected chi connectivity index (χ1v) is 9.03. The van der Waals surface area contributed by atoms with Crippen molar-refractivity contribution >= 4 is 33.5 Å². The summed E-state index contributed by atoms with van der Waals surface area (Å²) in [5.41, 5.74) is 4.00. The molecule has 2 rings (SSSR count). The Balaban J connectivity index is 2.13. The zero-order valence-electron chi connectivity index (χ0n) is 15.0. The number of hydrogen-bond acceptors (Lipinski definition) is 3. The Hall–Kier alpha value is -2.47. The lowest BCUT2D eigenvalue weighted by atomic mass is 9.96. The van der Waals surface area contributed by atoms with Gasteiger partial charge >= 0.3 is 0 Å². The molecule has 2 aromatic rings. The fourth-order valence-corrected chi connectivity index (χ4v) is 2.25. The molecule has 0 aromatic heterocycles. The molecule has 0 saturated carbocycles. The lowest BCUT2D eigenvalue weighted by Gasteiger charge is -2.16.